The number of benzene rings is 5. The van der Waals surface area contributed by atoms with Crippen LogP contribution < -0.4 is 20.1 Å². The number of ether oxygens (including phenoxy) is 6. The van der Waals surface area contributed by atoms with E-state index < -0.39 is 49.9 Å². The summed E-state index contributed by atoms with van der Waals surface area (Å²) < 4.78 is 34.2. The highest BCUT2D eigenvalue weighted by atomic mass is 28.3. The van der Waals surface area contributed by atoms with E-state index in [0.29, 0.717) is 28.5 Å². The highest BCUT2D eigenvalue weighted by molar-refractivity contribution is 6.76. The Morgan fingerprint density at radius 1 is 0.677 bits per heavy atom. The number of aliphatic hydroxyl groups is 1. The molecule has 0 radical (unpaired) electrons. The van der Waals surface area contributed by atoms with Gasteiger partial charge in [0.15, 0.2) is 6.04 Å². The molecule has 5 rings (SSSR count). The Labute approximate surface area is 381 Å². The first kappa shape index (κ1) is 49.1. The third kappa shape index (κ3) is 16.0. The molecule has 0 aromatic heterocycles. The van der Waals surface area contributed by atoms with Gasteiger partial charge in [-0.15, -0.1) is 0 Å². The molecule has 13 nitrogen and oxygen atoms in total. The highest BCUT2D eigenvalue weighted by Crippen LogP contribution is 2.36. The minimum atomic E-state index is -1.68. The molecule has 0 aliphatic heterocycles. The van der Waals surface area contributed by atoms with Crippen molar-refractivity contribution < 1.29 is 52.7 Å². The molecule has 2 amide bonds. The Balaban J connectivity index is 1.59. The summed E-state index contributed by atoms with van der Waals surface area (Å²) >= 11 is 0. The van der Waals surface area contributed by atoms with E-state index in [1.807, 2.05) is 91.0 Å². The molecule has 0 saturated heterocycles. The number of alkyl carbamates (subject to hydrolysis) is 2. The van der Waals surface area contributed by atoms with Crippen molar-refractivity contribution >= 4 is 38.3 Å². The summed E-state index contributed by atoms with van der Waals surface area (Å²) in [5.74, 6) is -1.08. The standard InChI is InChI=1S/C51H58N2O11Si/c1-51(2,3)64-50(58)53-45(48(56)59-4)46(54)41-30-39(24-26-44(41)62-33-36-19-13-9-14-20-36)38-23-25-43(61-32-35-17-11-8-12-18-35)40(29-38)31-42(47(55)60-27-28-65(5,6)7)52-49(57)63-34-37-21-15-10-16-22-37/h8-26,29-31,45-46,54H,27-28,32-34H2,1-7H3,(H,52,57)(H,53,58)/b42-31-/t45-,46+/m0/s1. The van der Waals surface area contributed by atoms with Gasteiger partial charge in [0, 0.05) is 19.2 Å². The molecule has 0 aliphatic rings. The highest BCUT2D eigenvalue weighted by Gasteiger charge is 2.34. The van der Waals surface area contributed by atoms with Crippen LogP contribution in [0.25, 0.3) is 17.2 Å². The van der Waals surface area contributed by atoms with Crippen LogP contribution in [-0.2, 0) is 48.4 Å². The van der Waals surface area contributed by atoms with Crippen molar-refractivity contribution in [3.8, 4) is 22.6 Å². The van der Waals surface area contributed by atoms with E-state index in [2.05, 4.69) is 30.3 Å². The molecule has 0 aliphatic carbocycles. The molecule has 5 aromatic rings. The second kappa shape index (κ2) is 23.2. The molecule has 3 N–H and O–H groups in total. The average molecular weight is 903 g/mol. The monoisotopic (exact) mass is 902 g/mol. The SMILES string of the molecule is COC(=O)[C@@H](NC(=O)OC(C)(C)C)[C@H](O)c1cc(-c2ccc(OCc3ccccc3)c(/C=C(\NC(=O)OCc3ccccc3)C(=O)OCC[Si](C)(C)C)c2)ccc1OCc1ccccc1. The van der Waals surface area contributed by atoms with Crippen molar-refractivity contribution in [1.29, 1.82) is 0 Å². The van der Waals surface area contributed by atoms with Crippen molar-refractivity contribution in [2.45, 2.75) is 84.0 Å². The summed E-state index contributed by atoms with van der Waals surface area (Å²) in [5.41, 5.74) is 3.10. The zero-order chi connectivity index (χ0) is 47.0. The number of aliphatic hydroxyl groups excluding tert-OH is 1. The van der Waals surface area contributed by atoms with Crippen molar-refractivity contribution in [3.63, 3.8) is 0 Å². The molecule has 342 valence electrons. The van der Waals surface area contributed by atoms with Gasteiger partial charge >= 0.3 is 24.1 Å². The average Bonchev–Trinajstić information content (AvgIpc) is 3.28. The maximum atomic E-state index is 13.8. The maximum Gasteiger partial charge on any atom is 0.412 e. The molecule has 0 spiro atoms. The van der Waals surface area contributed by atoms with Gasteiger partial charge in [-0.2, -0.15) is 0 Å². The number of methoxy groups -OCH3 is 1. The van der Waals surface area contributed by atoms with Crippen molar-refractivity contribution in [2.24, 2.45) is 0 Å². The molecule has 0 unspecified atom stereocenters. The number of hydrogen-bond acceptors (Lipinski definition) is 11. The first-order valence-corrected chi connectivity index (χ1v) is 24.9. The number of esters is 2. The third-order valence-electron chi connectivity index (χ3n) is 9.64. The number of carbonyl (C=O) groups is 4. The lowest BCUT2D eigenvalue weighted by Gasteiger charge is -2.26. The smallest absolute Gasteiger partial charge is 0.412 e. The summed E-state index contributed by atoms with van der Waals surface area (Å²) in [5, 5.41) is 17.0. The first-order chi connectivity index (χ1) is 31.0. The summed E-state index contributed by atoms with van der Waals surface area (Å²) in [7, 11) is -0.448. The Morgan fingerprint density at radius 2 is 1.20 bits per heavy atom. The Bertz CT molecular complexity index is 2400. The van der Waals surface area contributed by atoms with E-state index in [1.54, 1.807) is 57.2 Å². The quantitative estimate of drug-likeness (QED) is 0.0312. The largest absolute Gasteiger partial charge is 0.489 e. The van der Waals surface area contributed by atoms with Gasteiger partial charge in [-0.05, 0) is 85.0 Å². The van der Waals surface area contributed by atoms with Crippen LogP contribution in [0.15, 0.2) is 133 Å². The lowest BCUT2D eigenvalue weighted by molar-refractivity contribution is -0.146. The van der Waals surface area contributed by atoms with Gasteiger partial charge in [-0.1, -0.05) is 123 Å². The second-order valence-electron chi connectivity index (χ2n) is 17.3. The molecule has 0 bridgehead atoms. The minimum absolute atomic E-state index is 0.0328. The summed E-state index contributed by atoms with van der Waals surface area (Å²) in [6.45, 7) is 11.9. The van der Waals surface area contributed by atoms with E-state index in [9.17, 15) is 24.3 Å². The lowest BCUT2D eigenvalue weighted by atomic mass is 9.95. The molecular formula is C51H58N2O11Si. The number of rotatable bonds is 19. The van der Waals surface area contributed by atoms with Crippen LogP contribution in [-0.4, -0.2) is 62.7 Å². The van der Waals surface area contributed by atoms with E-state index in [1.165, 1.54) is 6.08 Å². The summed E-state index contributed by atoms with van der Waals surface area (Å²) in [6.07, 6.45) is -2.02. The fraction of sp³-hybridized carbons (Fsp3) is 0.294. The van der Waals surface area contributed by atoms with Gasteiger partial charge < -0.3 is 38.8 Å². The molecule has 0 fully saturated rings. The van der Waals surface area contributed by atoms with Gasteiger partial charge in [0.1, 0.15) is 48.7 Å². The van der Waals surface area contributed by atoms with Crippen molar-refractivity contribution in [2.75, 3.05) is 13.7 Å². The minimum Gasteiger partial charge on any atom is -0.489 e. The fourth-order valence-electron chi connectivity index (χ4n) is 6.24. The van der Waals surface area contributed by atoms with Crippen LogP contribution in [0.1, 0.15) is 54.7 Å². The lowest BCUT2D eigenvalue weighted by Crippen LogP contribution is -2.47. The van der Waals surface area contributed by atoms with Gasteiger partial charge in [0.2, 0.25) is 0 Å². The summed E-state index contributed by atoms with van der Waals surface area (Å²) in [6, 6.07) is 37.5. The van der Waals surface area contributed by atoms with Crippen LogP contribution in [0.2, 0.25) is 25.7 Å². The predicted molar refractivity (Wildman–Crippen MR) is 250 cm³/mol. The predicted octanol–water partition coefficient (Wildman–Crippen LogP) is 9.76. The Kier molecular flexibility index (Phi) is 17.5. The fourth-order valence-corrected chi connectivity index (χ4v) is 6.95. The molecule has 0 saturated carbocycles. The third-order valence-corrected chi connectivity index (χ3v) is 11.3. The number of hydrogen-bond donors (Lipinski definition) is 3. The van der Waals surface area contributed by atoms with Crippen molar-refractivity contribution in [1.82, 2.24) is 10.6 Å². The second-order valence-corrected chi connectivity index (χ2v) is 23.0. The number of nitrogens with one attached hydrogen (secondary N) is 2. The maximum absolute atomic E-state index is 13.8. The van der Waals surface area contributed by atoms with Gasteiger partial charge in [0.25, 0.3) is 0 Å². The topological polar surface area (TPSA) is 168 Å². The molecule has 0 heterocycles. The Hall–Kier alpha value is -6.90. The first-order valence-electron chi connectivity index (χ1n) is 21.2. The van der Waals surface area contributed by atoms with Crippen molar-refractivity contribution in [3.05, 3.63) is 161 Å². The van der Waals surface area contributed by atoms with Crippen LogP contribution >= 0.6 is 0 Å². The summed E-state index contributed by atoms with van der Waals surface area (Å²) in [4.78, 5) is 53.2. The van der Waals surface area contributed by atoms with Gasteiger partial charge in [0.05, 0.1) is 13.7 Å². The molecular weight excluding hydrogens is 845 g/mol. The molecule has 2 atom stereocenters. The van der Waals surface area contributed by atoms with Crippen LogP contribution in [0.4, 0.5) is 9.59 Å². The molecule has 65 heavy (non-hydrogen) atoms. The van der Waals surface area contributed by atoms with E-state index in [-0.39, 0.29) is 43.4 Å². The van der Waals surface area contributed by atoms with Crippen LogP contribution in [0.3, 0.4) is 0 Å². The van der Waals surface area contributed by atoms with Crippen LogP contribution in [0.5, 0.6) is 11.5 Å². The van der Waals surface area contributed by atoms with E-state index >= 15 is 0 Å². The van der Waals surface area contributed by atoms with E-state index in [0.717, 1.165) is 23.8 Å². The van der Waals surface area contributed by atoms with Gasteiger partial charge in [-0.25, -0.2) is 19.2 Å². The van der Waals surface area contributed by atoms with Gasteiger partial charge in [-0.3, -0.25) is 5.32 Å². The molecule has 5 aromatic carbocycles. The van der Waals surface area contributed by atoms with E-state index in [4.69, 9.17) is 28.4 Å². The zero-order valence-corrected chi connectivity index (χ0v) is 38.9. The number of amides is 2. The van der Waals surface area contributed by atoms with Crippen LogP contribution in [0, 0.1) is 0 Å². The zero-order valence-electron chi connectivity index (χ0n) is 37.9. The number of carbonyl (C=O) groups excluding carboxylic acids is 4. The molecule has 14 heteroatoms. The Morgan fingerprint density at radius 3 is 1.74 bits per heavy atom. The normalized spacial score (nSPS) is 12.5.